The Morgan fingerprint density at radius 2 is 1.81 bits per heavy atom. The topological polar surface area (TPSA) is 37.7 Å². The molecule has 0 fully saturated rings. The highest BCUT2D eigenvalue weighted by Crippen LogP contribution is 2.55. The standard InChI is InChI=1S/C28H33N3O/c1-6-7-8-9-14-31-24-16-20(3)19(2)15-23(24)27(4,5)28(31)18-30-26-22-17-29-13-12-21(22)10-11-25(26)32-28/h10-13,15-18H,6-9,14H2,1-5H3. The third kappa shape index (κ3) is 2.96. The molecule has 0 bridgehead atoms. The van der Waals surface area contributed by atoms with Crippen LogP contribution in [0.2, 0.25) is 0 Å². The first-order chi connectivity index (χ1) is 15.4. The van der Waals surface area contributed by atoms with Crippen LogP contribution in [0.5, 0.6) is 5.75 Å². The van der Waals surface area contributed by atoms with Gasteiger partial charge in [-0.15, -0.1) is 0 Å². The van der Waals surface area contributed by atoms with Gasteiger partial charge in [0.2, 0.25) is 5.72 Å². The van der Waals surface area contributed by atoms with Crippen molar-refractivity contribution in [1.82, 2.24) is 4.98 Å². The SMILES string of the molecule is CCCCCCN1c2cc(C)c(C)cc2C(C)(C)C12C=Nc1c(ccc3ccncc13)O2. The number of ether oxygens (including phenoxy) is 1. The number of nitrogens with zero attached hydrogens (tertiary/aromatic N) is 3. The minimum atomic E-state index is -0.648. The summed E-state index contributed by atoms with van der Waals surface area (Å²) in [4.78, 5) is 11.8. The summed E-state index contributed by atoms with van der Waals surface area (Å²) in [5.41, 5.74) is 5.25. The molecule has 3 heterocycles. The zero-order chi connectivity index (χ0) is 22.5. The summed E-state index contributed by atoms with van der Waals surface area (Å²) >= 11 is 0. The van der Waals surface area contributed by atoms with E-state index in [9.17, 15) is 0 Å². The van der Waals surface area contributed by atoms with E-state index in [4.69, 9.17) is 9.73 Å². The van der Waals surface area contributed by atoms with Gasteiger partial charge < -0.3 is 9.64 Å². The van der Waals surface area contributed by atoms with Crippen molar-refractivity contribution in [1.29, 1.82) is 0 Å². The highest BCUT2D eigenvalue weighted by molar-refractivity contribution is 5.99. The number of hydrogen-bond donors (Lipinski definition) is 0. The number of anilines is 1. The first-order valence-corrected chi connectivity index (χ1v) is 11.9. The Bertz CT molecular complexity index is 1210. The smallest absolute Gasteiger partial charge is 0.228 e. The van der Waals surface area contributed by atoms with Crippen LogP contribution in [0.25, 0.3) is 10.8 Å². The molecule has 2 aliphatic rings. The van der Waals surface area contributed by atoms with Gasteiger partial charge in [0.25, 0.3) is 0 Å². The molecule has 3 aromatic rings. The lowest BCUT2D eigenvalue weighted by molar-refractivity contribution is 0.0774. The van der Waals surface area contributed by atoms with E-state index in [1.807, 2.05) is 18.5 Å². The van der Waals surface area contributed by atoms with Crippen molar-refractivity contribution in [3.63, 3.8) is 0 Å². The molecule has 1 atom stereocenters. The Kier molecular flexibility index (Phi) is 4.99. The maximum atomic E-state index is 6.98. The Balaban J connectivity index is 1.64. The molecule has 0 aliphatic carbocycles. The molecule has 2 aromatic carbocycles. The van der Waals surface area contributed by atoms with Crippen LogP contribution in [0.4, 0.5) is 11.4 Å². The first kappa shape index (κ1) is 21.0. The average Bonchev–Trinajstić information content (AvgIpc) is 2.95. The number of pyridine rings is 1. The third-order valence-corrected chi connectivity index (χ3v) is 7.50. The molecule has 4 nitrogen and oxygen atoms in total. The van der Waals surface area contributed by atoms with Crippen LogP contribution in [0.3, 0.4) is 0 Å². The Hall–Kier alpha value is -2.88. The van der Waals surface area contributed by atoms with E-state index in [1.54, 1.807) is 0 Å². The summed E-state index contributed by atoms with van der Waals surface area (Å²) in [5.74, 6) is 0.834. The molecule has 0 saturated carbocycles. The average molecular weight is 428 g/mol. The van der Waals surface area contributed by atoms with E-state index >= 15 is 0 Å². The number of fused-ring (bicyclic) bond motifs is 4. The molecule has 0 radical (unpaired) electrons. The molecule has 0 amide bonds. The normalized spacial score (nSPS) is 20.5. The highest BCUT2D eigenvalue weighted by atomic mass is 16.5. The molecule has 2 aliphatic heterocycles. The minimum absolute atomic E-state index is 0.253. The summed E-state index contributed by atoms with van der Waals surface area (Å²) in [6.45, 7) is 12.2. The lowest BCUT2D eigenvalue weighted by atomic mass is 9.77. The van der Waals surface area contributed by atoms with Crippen LogP contribution < -0.4 is 9.64 Å². The first-order valence-electron chi connectivity index (χ1n) is 11.9. The molecule has 166 valence electrons. The number of rotatable bonds is 5. The molecule has 0 N–H and O–H groups in total. The third-order valence-electron chi connectivity index (χ3n) is 7.50. The van der Waals surface area contributed by atoms with Gasteiger partial charge in [0.05, 0.1) is 11.6 Å². The zero-order valence-electron chi connectivity index (χ0n) is 19.9. The largest absolute Gasteiger partial charge is 0.459 e. The molecule has 1 unspecified atom stereocenters. The second kappa shape index (κ2) is 7.61. The van der Waals surface area contributed by atoms with E-state index < -0.39 is 5.72 Å². The number of benzene rings is 2. The van der Waals surface area contributed by atoms with Crippen molar-refractivity contribution < 1.29 is 4.74 Å². The van der Waals surface area contributed by atoms with Crippen LogP contribution in [0, 0.1) is 13.8 Å². The monoisotopic (exact) mass is 427 g/mol. The summed E-state index contributed by atoms with van der Waals surface area (Å²) in [6.07, 6.45) is 10.6. The van der Waals surface area contributed by atoms with Crippen LogP contribution in [-0.2, 0) is 5.41 Å². The fraction of sp³-hybridized carbons (Fsp3) is 0.429. The van der Waals surface area contributed by atoms with Gasteiger partial charge in [-0.25, -0.2) is 0 Å². The van der Waals surface area contributed by atoms with Gasteiger partial charge in [-0.3, -0.25) is 9.98 Å². The molecule has 1 aromatic heterocycles. The van der Waals surface area contributed by atoms with E-state index in [-0.39, 0.29) is 5.41 Å². The Labute approximate surface area is 191 Å². The maximum absolute atomic E-state index is 6.98. The van der Waals surface area contributed by atoms with Crippen molar-refractivity contribution in [3.8, 4) is 5.75 Å². The van der Waals surface area contributed by atoms with Crippen molar-refractivity contribution in [2.24, 2.45) is 4.99 Å². The van der Waals surface area contributed by atoms with Gasteiger partial charge in [0, 0.05) is 30.0 Å². The number of aryl methyl sites for hydroxylation is 2. The number of aliphatic imine (C=N–C) groups is 1. The predicted molar refractivity (Wildman–Crippen MR) is 134 cm³/mol. The molecule has 5 rings (SSSR count). The fourth-order valence-electron chi connectivity index (χ4n) is 5.32. The number of unbranched alkanes of at least 4 members (excludes halogenated alkanes) is 3. The van der Waals surface area contributed by atoms with Gasteiger partial charge in [-0.2, -0.15) is 0 Å². The van der Waals surface area contributed by atoms with E-state index in [2.05, 4.69) is 75.0 Å². The van der Waals surface area contributed by atoms with Crippen LogP contribution in [-0.4, -0.2) is 23.5 Å². The Morgan fingerprint density at radius 3 is 2.62 bits per heavy atom. The number of hydrogen-bond acceptors (Lipinski definition) is 4. The number of aromatic nitrogens is 1. The molecule has 4 heteroatoms. The predicted octanol–water partition coefficient (Wildman–Crippen LogP) is 7.02. The molecular weight excluding hydrogens is 394 g/mol. The van der Waals surface area contributed by atoms with Crippen LogP contribution in [0.1, 0.15) is 63.1 Å². The van der Waals surface area contributed by atoms with Crippen LogP contribution in [0.15, 0.2) is 47.7 Å². The van der Waals surface area contributed by atoms with Gasteiger partial charge in [-0.05, 0) is 74.4 Å². The van der Waals surface area contributed by atoms with E-state index in [0.29, 0.717) is 0 Å². The van der Waals surface area contributed by atoms with Crippen molar-refractivity contribution in [2.75, 3.05) is 11.4 Å². The highest BCUT2D eigenvalue weighted by Gasteiger charge is 2.59. The lowest BCUT2D eigenvalue weighted by Gasteiger charge is -2.46. The molecular formula is C28H33N3O. The van der Waals surface area contributed by atoms with E-state index in [1.165, 1.54) is 41.6 Å². The van der Waals surface area contributed by atoms with Crippen molar-refractivity contribution in [2.45, 2.75) is 71.4 Å². The van der Waals surface area contributed by atoms with Crippen molar-refractivity contribution in [3.05, 3.63) is 59.4 Å². The lowest BCUT2D eigenvalue weighted by Crippen LogP contribution is -2.62. The fourth-order valence-corrected chi connectivity index (χ4v) is 5.32. The summed E-state index contributed by atoms with van der Waals surface area (Å²) < 4.78 is 6.98. The summed E-state index contributed by atoms with van der Waals surface area (Å²) in [5, 5.41) is 2.16. The second-order valence-corrected chi connectivity index (χ2v) is 9.86. The second-order valence-electron chi connectivity index (χ2n) is 9.86. The van der Waals surface area contributed by atoms with Gasteiger partial charge in [0.1, 0.15) is 11.4 Å². The Morgan fingerprint density at radius 1 is 1.00 bits per heavy atom. The quantitative estimate of drug-likeness (QED) is 0.411. The molecule has 0 saturated heterocycles. The summed E-state index contributed by atoms with van der Waals surface area (Å²) in [6, 6.07) is 10.9. The van der Waals surface area contributed by atoms with Crippen molar-refractivity contribution >= 4 is 28.4 Å². The molecule has 1 spiro atoms. The minimum Gasteiger partial charge on any atom is -0.459 e. The van der Waals surface area contributed by atoms with Gasteiger partial charge >= 0.3 is 0 Å². The van der Waals surface area contributed by atoms with Crippen LogP contribution >= 0.6 is 0 Å². The van der Waals surface area contributed by atoms with E-state index in [0.717, 1.165) is 35.2 Å². The zero-order valence-corrected chi connectivity index (χ0v) is 19.9. The molecule has 32 heavy (non-hydrogen) atoms. The maximum Gasteiger partial charge on any atom is 0.228 e. The van der Waals surface area contributed by atoms with Gasteiger partial charge in [0.15, 0.2) is 0 Å². The summed E-state index contributed by atoms with van der Waals surface area (Å²) in [7, 11) is 0. The van der Waals surface area contributed by atoms with Gasteiger partial charge in [-0.1, -0.05) is 38.3 Å².